The van der Waals surface area contributed by atoms with Crippen LogP contribution in [0.25, 0.3) is 6.08 Å². The first-order valence-electron chi connectivity index (χ1n) is 9.37. The third-order valence-corrected chi connectivity index (χ3v) is 4.41. The van der Waals surface area contributed by atoms with Gasteiger partial charge in [0, 0.05) is 6.42 Å². The number of aliphatic hydroxyl groups excluding tert-OH is 3. The highest BCUT2D eigenvalue weighted by Gasteiger charge is 2.14. The van der Waals surface area contributed by atoms with Crippen molar-refractivity contribution in [2.24, 2.45) is 0 Å². The third-order valence-electron chi connectivity index (χ3n) is 4.41. The number of ether oxygens (including phenoxy) is 1. The lowest BCUT2D eigenvalue weighted by molar-refractivity contribution is -0.140. The van der Waals surface area contributed by atoms with Gasteiger partial charge in [-0.3, -0.25) is 4.79 Å². The Morgan fingerprint density at radius 3 is 2.54 bits per heavy atom. The summed E-state index contributed by atoms with van der Waals surface area (Å²) in [5, 5.41) is 30.5. The van der Waals surface area contributed by atoms with E-state index in [-0.39, 0.29) is 12.4 Å². The number of unbranched alkanes of at least 4 members (excludes halogenated alkanes) is 2. The lowest BCUT2D eigenvalue weighted by Crippen LogP contribution is -2.23. The fourth-order valence-electron chi connectivity index (χ4n) is 2.77. The van der Waals surface area contributed by atoms with E-state index in [1.807, 2.05) is 24.3 Å². The molecule has 0 unspecified atom stereocenters. The van der Waals surface area contributed by atoms with Crippen molar-refractivity contribution in [3.8, 4) is 0 Å². The predicted molar refractivity (Wildman–Crippen MR) is 102 cm³/mol. The largest absolute Gasteiger partial charge is 0.469 e. The van der Waals surface area contributed by atoms with Crippen LogP contribution in [-0.2, 0) is 9.53 Å². The molecule has 3 N–H and O–H groups in total. The van der Waals surface area contributed by atoms with Gasteiger partial charge in [0.15, 0.2) is 0 Å². The van der Waals surface area contributed by atoms with E-state index in [1.54, 1.807) is 12.2 Å². The molecule has 0 saturated carbocycles. The molecule has 0 heterocycles. The number of hydrogen-bond donors (Lipinski definition) is 3. The minimum Gasteiger partial charge on any atom is -0.469 e. The molecule has 0 aliphatic carbocycles. The topological polar surface area (TPSA) is 87.0 Å². The molecule has 146 valence electrons. The Bertz CT molecular complexity index is 555. The van der Waals surface area contributed by atoms with E-state index in [9.17, 15) is 20.1 Å². The van der Waals surface area contributed by atoms with Crippen molar-refractivity contribution in [3.05, 3.63) is 41.5 Å². The lowest BCUT2D eigenvalue weighted by Gasteiger charge is -2.16. The van der Waals surface area contributed by atoms with Gasteiger partial charge < -0.3 is 20.1 Å². The smallest absolute Gasteiger partial charge is 0.305 e. The molecule has 0 aromatic heterocycles. The summed E-state index contributed by atoms with van der Waals surface area (Å²) in [5.41, 5.74) is 1.53. The summed E-state index contributed by atoms with van der Waals surface area (Å²) in [6.45, 7) is 2.09. The van der Waals surface area contributed by atoms with Crippen molar-refractivity contribution in [2.75, 3.05) is 7.11 Å². The molecule has 5 heteroatoms. The molecule has 1 rings (SSSR count). The highest BCUT2D eigenvalue weighted by molar-refractivity contribution is 5.69. The number of aliphatic hydroxyl groups is 3. The average Bonchev–Trinajstić information content (AvgIpc) is 2.66. The summed E-state index contributed by atoms with van der Waals surface area (Å²) in [5.74, 6) is -0.287. The zero-order valence-electron chi connectivity index (χ0n) is 15.8. The van der Waals surface area contributed by atoms with Crippen LogP contribution in [-0.4, -0.2) is 40.6 Å². The van der Waals surface area contributed by atoms with Gasteiger partial charge in [-0.25, -0.2) is 0 Å². The maximum Gasteiger partial charge on any atom is 0.305 e. The molecule has 0 saturated heterocycles. The van der Waals surface area contributed by atoms with Gasteiger partial charge in [-0.15, -0.1) is 0 Å². The van der Waals surface area contributed by atoms with Crippen molar-refractivity contribution in [2.45, 2.75) is 70.2 Å². The molecule has 0 aliphatic heterocycles. The van der Waals surface area contributed by atoms with Gasteiger partial charge in [0.2, 0.25) is 0 Å². The second kappa shape index (κ2) is 12.6. The zero-order valence-corrected chi connectivity index (χ0v) is 15.8. The number of esters is 1. The molecule has 0 spiro atoms. The van der Waals surface area contributed by atoms with Crippen molar-refractivity contribution < 1.29 is 24.9 Å². The molecule has 0 aliphatic rings. The van der Waals surface area contributed by atoms with Crippen LogP contribution in [0.1, 0.15) is 69.1 Å². The second-order valence-electron chi connectivity index (χ2n) is 6.53. The minimum atomic E-state index is -0.934. The Labute approximate surface area is 156 Å². The molecule has 0 bridgehead atoms. The molecule has 26 heavy (non-hydrogen) atoms. The van der Waals surface area contributed by atoms with E-state index >= 15 is 0 Å². The number of benzene rings is 1. The van der Waals surface area contributed by atoms with Crippen molar-refractivity contribution in [1.29, 1.82) is 0 Å². The van der Waals surface area contributed by atoms with Gasteiger partial charge in [-0.05, 0) is 30.4 Å². The van der Waals surface area contributed by atoms with Gasteiger partial charge in [0.25, 0.3) is 0 Å². The number of carbonyl (C=O) groups is 1. The normalized spacial score (nSPS) is 15.0. The van der Waals surface area contributed by atoms with Gasteiger partial charge in [0.05, 0.1) is 25.4 Å². The number of rotatable bonds is 12. The number of hydrogen-bond acceptors (Lipinski definition) is 5. The van der Waals surface area contributed by atoms with Crippen LogP contribution in [0.5, 0.6) is 0 Å². The molecule has 0 fully saturated rings. The van der Waals surface area contributed by atoms with Gasteiger partial charge in [-0.2, -0.15) is 0 Å². The highest BCUT2D eigenvalue weighted by atomic mass is 16.5. The van der Waals surface area contributed by atoms with Crippen LogP contribution in [0.15, 0.2) is 30.3 Å². The number of carbonyl (C=O) groups excluding carboxylic acids is 1. The molecule has 5 nitrogen and oxygen atoms in total. The van der Waals surface area contributed by atoms with Crippen LogP contribution in [0, 0.1) is 0 Å². The first kappa shape index (κ1) is 22.4. The van der Waals surface area contributed by atoms with E-state index in [4.69, 9.17) is 0 Å². The standard InChI is InChI=1S/C21H32O5/c1-3-4-5-11-19(23)20(24)15-14-16-9-6-7-10-17(16)18(22)12-8-13-21(25)26-2/h6-7,9-10,14-15,18-20,22-24H,3-5,8,11-13H2,1-2H3/b15-14+/t18-,19+,20+/m0/s1. The minimum absolute atomic E-state index is 0.272. The molecule has 1 aromatic carbocycles. The van der Waals surface area contributed by atoms with E-state index in [1.165, 1.54) is 7.11 Å². The molecular formula is C21H32O5. The predicted octanol–water partition coefficient (Wildman–Crippen LogP) is 3.38. The fraction of sp³-hybridized carbons (Fsp3) is 0.571. The summed E-state index contributed by atoms with van der Waals surface area (Å²) in [6, 6.07) is 7.37. The summed E-state index contributed by atoms with van der Waals surface area (Å²) < 4.78 is 4.60. The van der Waals surface area contributed by atoms with Gasteiger partial charge in [-0.1, -0.05) is 62.6 Å². The Balaban J connectivity index is 2.65. The highest BCUT2D eigenvalue weighted by Crippen LogP contribution is 2.24. The number of methoxy groups -OCH3 is 1. The van der Waals surface area contributed by atoms with E-state index in [0.29, 0.717) is 19.3 Å². The Hall–Kier alpha value is -1.69. The Kier molecular flexibility index (Phi) is 10.9. The maximum atomic E-state index is 11.2. The monoisotopic (exact) mass is 364 g/mol. The van der Waals surface area contributed by atoms with E-state index in [2.05, 4.69) is 11.7 Å². The molecule has 0 radical (unpaired) electrons. The van der Waals surface area contributed by atoms with Crippen LogP contribution in [0.3, 0.4) is 0 Å². The van der Waals surface area contributed by atoms with Crippen LogP contribution in [0.2, 0.25) is 0 Å². The summed E-state index contributed by atoms with van der Waals surface area (Å²) in [4.78, 5) is 11.2. The SMILES string of the molecule is CCCCC[C@@H](O)[C@H](O)/C=C/c1ccccc1[C@@H](O)CCCC(=O)OC. The first-order chi connectivity index (χ1) is 12.5. The van der Waals surface area contributed by atoms with E-state index < -0.39 is 18.3 Å². The van der Waals surface area contributed by atoms with Gasteiger partial charge >= 0.3 is 5.97 Å². The van der Waals surface area contributed by atoms with Crippen molar-refractivity contribution in [3.63, 3.8) is 0 Å². The third kappa shape index (κ3) is 8.13. The molecule has 1 aromatic rings. The van der Waals surface area contributed by atoms with Crippen LogP contribution in [0.4, 0.5) is 0 Å². The quantitative estimate of drug-likeness (QED) is 0.391. The first-order valence-corrected chi connectivity index (χ1v) is 9.37. The molecule has 3 atom stereocenters. The molecule has 0 amide bonds. The van der Waals surface area contributed by atoms with Crippen LogP contribution < -0.4 is 0 Å². The Morgan fingerprint density at radius 1 is 1.12 bits per heavy atom. The summed E-state index contributed by atoms with van der Waals surface area (Å²) in [7, 11) is 1.35. The Morgan fingerprint density at radius 2 is 1.85 bits per heavy atom. The van der Waals surface area contributed by atoms with Gasteiger partial charge in [0.1, 0.15) is 0 Å². The lowest BCUT2D eigenvalue weighted by atomic mass is 9.97. The van der Waals surface area contributed by atoms with Crippen LogP contribution >= 0.6 is 0 Å². The summed E-state index contributed by atoms with van der Waals surface area (Å²) in [6.07, 6.45) is 5.69. The molecular weight excluding hydrogens is 332 g/mol. The van der Waals surface area contributed by atoms with Crippen molar-refractivity contribution in [1.82, 2.24) is 0 Å². The fourth-order valence-corrected chi connectivity index (χ4v) is 2.77. The average molecular weight is 364 g/mol. The van der Waals surface area contributed by atoms with E-state index in [0.717, 1.165) is 30.4 Å². The maximum absolute atomic E-state index is 11.2. The summed E-state index contributed by atoms with van der Waals surface area (Å²) >= 11 is 0. The zero-order chi connectivity index (χ0) is 19.4. The second-order valence-corrected chi connectivity index (χ2v) is 6.53. The van der Waals surface area contributed by atoms with Crippen molar-refractivity contribution >= 4 is 12.0 Å².